The first-order chi connectivity index (χ1) is 11.3. The molecular formula is C19H29N3O. The van der Waals surface area contributed by atoms with E-state index in [9.17, 15) is 4.79 Å². The second-order valence-electron chi connectivity index (χ2n) is 6.13. The monoisotopic (exact) mass is 315 g/mol. The van der Waals surface area contributed by atoms with Crippen molar-refractivity contribution in [1.82, 2.24) is 5.32 Å². The number of fused-ring (bicyclic) bond motifs is 1. The number of nitrogens with one attached hydrogen (secondary N) is 2. The van der Waals surface area contributed by atoms with Crippen molar-refractivity contribution in [1.29, 1.82) is 0 Å². The molecule has 0 bridgehead atoms. The Labute approximate surface area is 139 Å². The molecule has 4 nitrogen and oxygen atoms in total. The Morgan fingerprint density at radius 1 is 1.09 bits per heavy atom. The van der Waals surface area contributed by atoms with Crippen molar-refractivity contribution in [3.63, 3.8) is 0 Å². The van der Waals surface area contributed by atoms with Gasteiger partial charge in [0.15, 0.2) is 6.17 Å². The largest absolute Gasteiger partial charge is 0.322 e. The lowest BCUT2D eigenvalue weighted by molar-refractivity contribution is -0.117. The molecule has 1 aliphatic rings. The SMILES string of the molecule is CCCCCNC1N=C(CCCCC)c2ccccc2NC1=O. The summed E-state index contributed by atoms with van der Waals surface area (Å²) in [6.45, 7) is 5.21. The molecule has 2 rings (SSSR count). The maximum atomic E-state index is 12.4. The summed E-state index contributed by atoms with van der Waals surface area (Å²) in [7, 11) is 0. The number of benzodiazepines with no additional fused rings is 1. The lowest BCUT2D eigenvalue weighted by atomic mass is 10.0. The third-order valence-electron chi connectivity index (χ3n) is 4.16. The number of carbonyl (C=O) groups excluding carboxylic acids is 1. The second-order valence-corrected chi connectivity index (χ2v) is 6.13. The molecule has 0 saturated carbocycles. The van der Waals surface area contributed by atoms with Gasteiger partial charge in [-0.3, -0.25) is 15.1 Å². The number of para-hydroxylation sites is 1. The van der Waals surface area contributed by atoms with Crippen LogP contribution in [0.1, 0.15) is 64.4 Å². The Morgan fingerprint density at radius 2 is 1.83 bits per heavy atom. The van der Waals surface area contributed by atoms with E-state index in [1.165, 1.54) is 25.7 Å². The van der Waals surface area contributed by atoms with Gasteiger partial charge in [-0.25, -0.2) is 0 Å². The van der Waals surface area contributed by atoms with Crippen molar-refractivity contribution in [3.8, 4) is 0 Å². The van der Waals surface area contributed by atoms with Gasteiger partial charge in [-0.2, -0.15) is 0 Å². The molecule has 0 radical (unpaired) electrons. The topological polar surface area (TPSA) is 53.5 Å². The van der Waals surface area contributed by atoms with Gasteiger partial charge >= 0.3 is 0 Å². The number of aliphatic imine (C=N–C) groups is 1. The summed E-state index contributed by atoms with van der Waals surface area (Å²) in [6, 6.07) is 7.98. The number of hydrogen-bond acceptors (Lipinski definition) is 3. The number of rotatable bonds is 9. The average molecular weight is 315 g/mol. The number of amides is 1. The number of hydrogen-bond donors (Lipinski definition) is 2. The quantitative estimate of drug-likeness (QED) is 0.674. The highest BCUT2D eigenvalue weighted by atomic mass is 16.2. The third kappa shape index (κ3) is 5.17. The van der Waals surface area contributed by atoms with E-state index in [1.807, 2.05) is 18.2 Å². The van der Waals surface area contributed by atoms with Crippen molar-refractivity contribution >= 4 is 17.3 Å². The Hall–Kier alpha value is -1.68. The first-order valence-corrected chi connectivity index (χ1v) is 8.96. The van der Waals surface area contributed by atoms with Crippen LogP contribution in [-0.4, -0.2) is 24.3 Å². The molecule has 0 saturated heterocycles. The maximum Gasteiger partial charge on any atom is 0.263 e. The molecule has 23 heavy (non-hydrogen) atoms. The van der Waals surface area contributed by atoms with Crippen molar-refractivity contribution in [2.24, 2.45) is 4.99 Å². The van der Waals surface area contributed by atoms with Crippen LogP contribution < -0.4 is 10.6 Å². The summed E-state index contributed by atoms with van der Waals surface area (Å²) >= 11 is 0. The normalized spacial score (nSPS) is 17.2. The van der Waals surface area contributed by atoms with Gasteiger partial charge in [-0.05, 0) is 31.9 Å². The van der Waals surface area contributed by atoms with Gasteiger partial charge in [0.2, 0.25) is 0 Å². The minimum Gasteiger partial charge on any atom is -0.322 e. The maximum absolute atomic E-state index is 12.4. The molecule has 1 heterocycles. The molecule has 1 aromatic carbocycles. The average Bonchev–Trinajstić information content (AvgIpc) is 2.69. The molecule has 1 unspecified atom stereocenters. The zero-order valence-corrected chi connectivity index (χ0v) is 14.4. The Kier molecular flexibility index (Phi) is 7.27. The van der Waals surface area contributed by atoms with E-state index in [1.54, 1.807) is 0 Å². The molecule has 0 aliphatic carbocycles. The highest BCUT2D eigenvalue weighted by Crippen LogP contribution is 2.22. The van der Waals surface area contributed by atoms with E-state index in [-0.39, 0.29) is 5.91 Å². The van der Waals surface area contributed by atoms with Gasteiger partial charge in [0.25, 0.3) is 5.91 Å². The minimum absolute atomic E-state index is 0.0561. The fourth-order valence-corrected chi connectivity index (χ4v) is 2.82. The van der Waals surface area contributed by atoms with Gasteiger partial charge in [-0.1, -0.05) is 57.7 Å². The predicted molar refractivity (Wildman–Crippen MR) is 97.1 cm³/mol. The van der Waals surface area contributed by atoms with Crippen molar-refractivity contribution < 1.29 is 4.79 Å². The van der Waals surface area contributed by atoms with E-state index >= 15 is 0 Å². The van der Waals surface area contributed by atoms with Gasteiger partial charge in [-0.15, -0.1) is 0 Å². The predicted octanol–water partition coefficient (Wildman–Crippen LogP) is 4.11. The number of benzene rings is 1. The van der Waals surface area contributed by atoms with Crippen LogP contribution in [0.3, 0.4) is 0 Å². The summed E-state index contributed by atoms with van der Waals surface area (Å²) < 4.78 is 0. The highest BCUT2D eigenvalue weighted by Gasteiger charge is 2.23. The molecular weight excluding hydrogens is 286 g/mol. The smallest absolute Gasteiger partial charge is 0.263 e. The van der Waals surface area contributed by atoms with E-state index in [0.717, 1.165) is 42.8 Å². The minimum atomic E-state index is -0.476. The van der Waals surface area contributed by atoms with Crippen LogP contribution in [0.25, 0.3) is 0 Å². The fourth-order valence-electron chi connectivity index (χ4n) is 2.82. The van der Waals surface area contributed by atoms with Crippen LogP contribution in [0, 0.1) is 0 Å². The first kappa shape index (κ1) is 17.7. The summed E-state index contributed by atoms with van der Waals surface area (Å²) in [5.41, 5.74) is 2.99. The number of nitrogens with zero attached hydrogens (tertiary/aromatic N) is 1. The molecule has 1 amide bonds. The summed E-state index contributed by atoms with van der Waals surface area (Å²) in [4.78, 5) is 17.2. The lowest BCUT2D eigenvalue weighted by Gasteiger charge is -2.13. The number of carbonyl (C=O) groups is 1. The van der Waals surface area contributed by atoms with Crippen LogP contribution in [0.2, 0.25) is 0 Å². The van der Waals surface area contributed by atoms with Gasteiger partial charge < -0.3 is 5.32 Å². The molecule has 0 fully saturated rings. The molecule has 1 atom stereocenters. The van der Waals surface area contributed by atoms with Gasteiger partial charge in [0.1, 0.15) is 0 Å². The van der Waals surface area contributed by atoms with E-state index in [0.29, 0.717) is 0 Å². The standard InChI is InChI=1S/C19H29N3O/c1-3-5-7-12-16-15-11-8-9-13-17(15)22-19(23)18(21-16)20-14-10-6-4-2/h8-9,11,13,18,20H,3-7,10,12,14H2,1-2H3,(H,22,23). The molecule has 1 aliphatic heterocycles. The van der Waals surface area contributed by atoms with Crippen LogP contribution in [0.15, 0.2) is 29.3 Å². The number of anilines is 1. The molecule has 1 aromatic rings. The van der Waals surface area contributed by atoms with Crippen LogP contribution >= 0.6 is 0 Å². The first-order valence-electron chi connectivity index (χ1n) is 8.96. The van der Waals surface area contributed by atoms with Gasteiger partial charge in [0.05, 0.1) is 0 Å². The second kappa shape index (κ2) is 9.46. The Bertz CT molecular complexity index is 539. The summed E-state index contributed by atoms with van der Waals surface area (Å²) in [5.74, 6) is -0.0561. The Morgan fingerprint density at radius 3 is 2.61 bits per heavy atom. The fraction of sp³-hybridized carbons (Fsp3) is 0.579. The molecule has 0 aromatic heterocycles. The van der Waals surface area contributed by atoms with Crippen LogP contribution in [-0.2, 0) is 4.79 Å². The van der Waals surface area contributed by atoms with Gasteiger partial charge in [0, 0.05) is 17.0 Å². The van der Waals surface area contributed by atoms with E-state index < -0.39 is 6.17 Å². The summed E-state index contributed by atoms with van der Waals surface area (Å²) in [6.07, 6.45) is 7.36. The molecule has 0 spiro atoms. The van der Waals surface area contributed by atoms with Crippen molar-refractivity contribution in [3.05, 3.63) is 29.8 Å². The van der Waals surface area contributed by atoms with E-state index in [2.05, 4.69) is 30.5 Å². The Balaban J connectivity index is 2.14. The number of unbranched alkanes of at least 4 members (excludes halogenated alkanes) is 4. The zero-order chi connectivity index (χ0) is 16.5. The zero-order valence-electron chi connectivity index (χ0n) is 14.4. The molecule has 2 N–H and O–H groups in total. The van der Waals surface area contributed by atoms with E-state index in [4.69, 9.17) is 4.99 Å². The highest BCUT2D eigenvalue weighted by molar-refractivity contribution is 6.11. The summed E-state index contributed by atoms with van der Waals surface area (Å²) in [5, 5.41) is 6.32. The lowest BCUT2D eigenvalue weighted by Crippen LogP contribution is -2.39. The molecule has 126 valence electrons. The van der Waals surface area contributed by atoms with Crippen LogP contribution in [0.5, 0.6) is 0 Å². The van der Waals surface area contributed by atoms with Crippen molar-refractivity contribution in [2.75, 3.05) is 11.9 Å². The van der Waals surface area contributed by atoms with Crippen molar-refractivity contribution in [2.45, 2.75) is 65.0 Å². The van der Waals surface area contributed by atoms with Crippen LogP contribution in [0.4, 0.5) is 5.69 Å². The molecule has 4 heteroatoms. The third-order valence-corrected chi connectivity index (χ3v) is 4.16.